The molecule has 1 aliphatic heterocycles. The van der Waals surface area contributed by atoms with E-state index in [2.05, 4.69) is 0 Å². The quantitative estimate of drug-likeness (QED) is 0.587. The third-order valence-corrected chi connectivity index (χ3v) is 3.74. The Balaban J connectivity index is 0.00000277. The normalized spacial score (nSPS) is 17.3. The number of nitrogens with zero attached hydrogens (tertiary/aromatic N) is 3. The van der Waals surface area contributed by atoms with Gasteiger partial charge < -0.3 is 15.2 Å². The highest BCUT2D eigenvalue weighted by Gasteiger charge is 2.20. The molecular formula is C16H32N4O5. The fourth-order valence-corrected chi connectivity index (χ4v) is 2.37. The van der Waals surface area contributed by atoms with Crippen LogP contribution in [-0.2, 0) is 23.9 Å². The minimum Gasteiger partial charge on any atom is -0.468 e. The van der Waals surface area contributed by atoms with Gasteiger partial charge in [-0.15, -0.1) is 0 Å². The predicted molar refractivity (Wildman–Crippen MR) is 93.9 cm³/mol. The molecule has 0 aromatic heterocycles. The molecule has 0 saturated carbocycles. The van der Waals surface area contributed by atoms with E-state index >= 15 is 0 Å². The third kappa shape index (κ3) is 10.7. The number of methoxy groups -OCH3 is 2. The van der Waals surface area contributed by atoms with E-state index in [9.17, 15) is 14.4 Å². The highest BCUT2D eigenvalue weighted by atomic mass is 16.5. The van der Waals surface area contributed by atoms with E-state index < -0.39 is 5.91 Å². The van der Waals surface area contributed by atoms with Crippen molar-refractivity contribution < 1.29 is 23.9 Å². The van der Waals surface area contributed by atoms with E-state index in [1.54, 1.807) is 0 Å². The number of esters is 2. The minimum atomic E-state index is -0.400. The van der Waals surface area contributed by atoms with Gasteiger partial charge in [0.05, 0.1) is 33.9 Å². The fourth-order valence-electron chi connectivity index (χ4n) is 2.37. The van der Waals surface area contributed by atoms with Crippen molar-refractivity contribution in [3.05, 3.63) is 0 Å². The van der Waals surface area contributed by atoms with Gasteiger partial charge in [0.15, 0.2) is 0 Å². The second kappa shape index (κ2) is 13.6. The van der Waals surface area contributed by atoms with Crippen molar-refractivity contribution in [2.75, 3.05) is 73.1 Å². The second-order valence-electron chi connectivity index (χ2n) is 5.45. The lowest BCUT2D eigenvalue weighted by atomic mass is 10.4. The van der Waals surface area contributed by atoms with E-state index in [4.69, 9.17) is 15.2 Å². The highest BCUT2D eigenvalue weighted by molar-refractivity contribution is 5.76. The van der Waals surface area contributed by atoms with Gasteiger partial charge in [0.25, 0.3) is 0 Å². The van der Waals surface area contributed by atoms with Crippen LogP contribution in [0.5, 0.6) is 0 Å². The van der Waals surface area contributed by atoms with E-state index in [1.165, 1.54) is 14.2 Å². The molecule has 2 N–H and O–H groups in total. The van der Waals surface area contributed by atoms with Crippen molar-refractivity contribution in [1.29, 1.82) is 0 Å². The molecular weight excluding hydrogens is 328 g/mol. The number of amides is 1. The summed E-state index contributed by atoms with van der Waals surface area (Å²) in [4.78, 5) is 39.9. The zero-order chi connectivity index (χ0) is 19.2. The first kappa shape index (κ1) is 23.3. The summed E-state index contributed by atoms with van der Waals surface area (Å²) in [5.41, 5.74) is 5.27. The molecule has 0 aromatic carbocycles. The zero-order valence-corrected chi connectivity index (χ0v) is 15.8. The van der Waals surface area contributed by atoms with Crippen molar-refractivity contribution in [3.8, 4) is 0 Å². The van der Waals surface area contributed by atoms with Crippen molar-refractivity contribution >= 4 is 17.8 Å². The Morgan fingerprint density at radius 1 is 0.720 bits per heavy atom. The summed E-state index contributed by atoms with van der Waals surface area (Å²) >= 11 is 0. The molecule has 1 saturated heterocycles. The maximum absolute atomic E-state index is 11.5. The van der Waals surface area contributed by atoms with Crippen molar-refractivity contribution in [1.82, 2.24) is 14.7 Å². The van der Waals surface area contributed by atoms with Crippen LogP contribution in [0.1, 0.15) is 13.8 Å². The largest absolute Gasteiger partial charge is 0.468 e. The first-order chi connectivity index (χ1) is 11.9. The van der Waals surface area contributed by atoms with Crippen molar-refractivity contribution in [2.24, 2.45) is 5.73 Å². The Labute approximate surface area is 150 Å². The zero-order valence-electron chi connectivity index (χ0n) is 15.8. The van der Waals surface area contributed by atoms with Crippen LogP contribution in [0.4, 0.5) is 0 Å². The smallest absolute Gasteiger partial charge is 0.319 e. The first-order valence-corrected chi connectivity index (χ1v) is 8.53. The number of primary amides is 1. The molecule has 9 heteroatoms. The molecule has 0 aliphatic carbocycles. The topological polar surface area (TPSA) is 105 Å². The van der Waals surface area contributed by atoms with Crippen LogP contribution in [-0.4, -0.2) is 106 Å². The Morgan fingerprint density at radius 2 is 1.00 bits per heavy atom. The average Bonchev–Trinajstić information content (AvgIpc) is 2.69. The number of carbonyl (C=O) groups excluding carboxylic acids is 3. The van der Waals surface area contributed by atoms with Gasteiger partial charge >= 0.3 is 11.9 Å². The van der Waals surface area contributed by atoms with Crippen LogP contribution >= 0.6 is 0 Å². The summed E-state index contributed by atoms with van der Waals surface area (Å²) in [5.74, 6) is -1.03. The Kier molecular flexibility index (Phi) is 12.6. The molecule has 0 spiro atoms. The van der Waals surface area contributed by atoms with Crippen LogP contribution in [0.15, 0.2) is 0 Å². The number of hydrogen-bond donors (Lipinski definition) is 1. The van der Waals surface area contributed by atoms with Gasteiger partial charge in [0.1, 0.15) is 0 Å². The molecule has 146 valence electrons. The van der Waals surface area contributed by atoms with Crippen LogP contribution in [0.3, 0.4) is 0 Å². The fraction of sp³-hybridized carbons (Fsp3) is 0.812. The summed E-state index contributed by atoms with van der Waals surface area (Å²) in [6.45, 7) is 8.21. The van der Waals surface area contributed by atoms with Gasteiger partial charge in [-0.05, 0) is 0 Å². The first-order valence-electron chi connectivity index (χ1n) is 8.53. The van der Waals surface area contributed by atoms with E-state index in [-0.39, 0.29) is 31.6 Å². The summed E-state index contributed by atoms with van der Waals surface area (Å²) in [6.07, 6.45) is 0. The molecule has 1 rings (SSSR count). The van der Waals surface area contributed by atoms with Gasteiger partial charge in [0.2, 0.25) is 5.91 Å². The molecule has 1 fully saturated rings. The summed E-state index contributed by atoms with van der Waals surface area (Å²) < 4.78 is 9.40. The molecule has 1 amide bonds. The van der Waals surface area contributed by atoms with Crippen molar-refractivity contribution in [2.45, 2.75) is 13.8 Å². The average molecular weight is 360 g/mol. The van der Waals surface area contributed by atoms with E-state index in [0.717, 1.165) is 0 Å². The molecule has 1 heterocycles. The molecule has 0 radical (unpaired) electrons. The van der Waals surface area contributed by atoms with Crippen molar-refractivity contribution in [3.63, 3.8) is 0 Å². The second-order valence-corrected chi connectivity index (χ2v) is 5.45. The third-order valence-electron chi connectivity index (χ3n) is 3.74. The maximum Gasteiger partial charge on any atom is 0.319 e. The summed E-state index contributed by atoms with van der Waals surface area (Å²) in [7, 11) is 2.70. The van der Waals surface area contributed by atoms with Gasteiger partial charge in [-0.25, -0.2) is 0 Å². The summed E-state index contributed by atoms with van der Waals surface area (Å²) in [5, 5.41) is 0. The number of rotatable bonds is 6. The lowest BCUT2D eigenvalue weighted by Gasteiger charge is -2.24. The van der Waals surface area contributed by atoms with Crippen LogP contribution in [0, 0.1) is 0 Å². The van der Waals surface area contributed by atoms with E-state index in [1.807, 2.05) is 28.5 Å². The SMILES string of the molecule is CC.COC(=O)CN1CCN(CC(N)=O)CCN(CC(=O)OC)CC1. The minimum absolute atomic E-state index is 0.151. The Morgan fingerprint density at radius 3 is 1.24 bits per heavy atom. The molecule has 0 bridgehead atoms. The Bertz CT molecular complexity index is 389. The van der Waals surface area contributed by atoms with Crippen LogP contribution in [0.2, 0.25) is 0 Å². The van der Waals surface area contributed by atoms with Gasteiger partial charge in [-0.3, -0.25) is 29.1 Å². The van der Waals surface area contributed by atoms with Crippen LogP contribution in [0.25, 0.3) is 0 Å². The molecule has 9 nitrogen and oxygen atoms in total. The lowest BCUT2D eigenvalue weighted by Crippen LogP contribution is -2.42. The lowest BCUT2D eigenvalue weighted by molar-refractivity contribution is -0.143. The molecule has 0 atom stereocenters. The monoisotopic (exact) mass is 360 g/mol. The predicted octanol–water partition coefficient (Wildman–Crippen LogP) is -1.24. The molecule has 0 aromatic rings. The Hall–Kier alpha value is -1.71. The van der Waals surface area contributed by atoms with E-state index in [0.29, 0.717) is 39.3 Å². The molecule has 0 unspecified atom stereocenters. The molecule has 1 aliphatic rings. The number of hydrogen-bond acceptors (Lipinski definition) is 8. The van der Waals surface area contributed by atoms with Gasteiger partial charge in [0, 0.05) is 39.3 Å². The standard InChI is InChI=1S/C14H26N4O5.C2H6/c1-22-13(20)10-17-5-3-16(9-12(15)19)4-6-18(8-7-17)11-14(21)23-2;1-2/h3-11H2,1-2H3,(H2,15,19);1-2H3. The summed E-state index contributed by atoms with van der Waals surface area (Å²) in [6, 6.07) is 0. The number of carbonyl (C=O) groups is 3. The van der Waals surface area contributed by atoms with Gasteiger partial charge in [-0.1, -0.05) is 13.8 Å². The van der Waals surface area contributed by atoms with Gasteiger partial charge in [-0.2, -0.15) is 0 Å². The number of nitrogens with two attached hydrogens (primary N) is 1. The number of ether oxygens (including phenoxy) is 2. The highest BCUT2D eigenvalue weighted by Crippen LogP contribution is 2.01. The van der Waals surface area contributed by atoms with Crippen LogP contribution < -0.4 is 5.73 Å². The molecule has 25 heavy (non-hydrogen) atoms. The maximum atomic E-state index is 11.5.